The Labute approximate surface area is 133 Å². The van der Waals surface area contributed by atoms with Gasteiger partial charge in [-0.25, -0.2) is 0 Å². The van der Waals surface area contributed by atoms with E-state index in [1.807, 2.05) is 24.3 Å². The predicted octanol–water partition coefficient (Wildman–Crippen LogP) is 2.94. The zero-order valence-electron chi connectivity index (χ0n) is 13.3. The van der Waals surface area contributed by atoms with Gasteiger partial charge in [-0.05, 0) is 75.4 Å². The molecule has 1 saturated heterocycles. The zero-order chi connectivity index (χ0) is 15.4. The van der Waals surface area contributed by atoms with Crippen molar-refractivity contribution >= 4 is 6.08 Å². The molecular weight excluding hydrogens is 270 g/mol. The second kappa shape index (κ2) is 7.09. The van der Waals surface area contributed by atoms with E-state index in [4.69, 9.17) is 5.26 Å². The second-order valence-corrected chi connectivity index (χ2v) is 6.67. The Hall–Kier alpha value is -1.63. The first-order valence-corrected chi connectivity index (χ1v) is 8.38. The van der Waals surface area contributed by atoms with Crippen molar-refractivity contribution in [1.29, 1.82) is 5.26 Å². The molecule has 0 radical (unpaired) electrons. The summed E-state index contributed by atoms with van der Waals surface area (Å²) in [5, 5.41) is 16.0. The van der Waals surface area contributed by atoms with Crippen LogP contribution in [0.25, 0.3) is 6.08 Å². The van der Waals surface area contributed by atoms with Crippen LogP contribution in [0.3, 0.4) is 0 Å². The molecular formula is C19H25N3. The summed E-state index contributed by atoms with van der Waals surface area (Å²) in [5.74, 6) is 1.54. The number of rotatable bonds is 5. The normalized spacial score (nSPS) is 25.7. The molecule has 2 fully saturated rings. The molecule has 2 atom stereocenters. The molecule has 22 heavy (non-hydrogen) atoms. The minimum atomic E-state index is 0.671. The number of nitrogens with zero attached hydrogens (tertiary/aromatic N) is 1. The number of hydrogen-bond acceptors (Lipinski definition) is 3. The zero-order valence-corrected chi connectivity index (χ0v) is 13.3. The molecule has 1 aromatic rings. The average Bonchev–Trinajstić information content (AvgIpc) is 3.34. The summed E-state index contributed by atoms with van der Waals surface area (Å²) in [4.78, 5) is 0. The lowest BCUT2D eigenvalue weighted by Crippen LogP contribution is -2.34. The highest BCUT2D eigenvalue weighted by atomic mass is 15.0. The van der Waals surface area contributed by atoms with Crippen molar-refractivity contribution in [3.63, 3.8) is 0 Å². The third kappa shape index (κ3) is 3.97. The summed E-state index contributed by atoms with van der Waals surface area (Å²) < 4.78 is 0. The molecule has 1 aliphatic heterocycles. The average molecular weight is 295 g/mol. The Bertz CT molecular complexity index is 561. The lowest BCUT2D eigenvalue weighted by Gasteiger charge is -2.22. The highest BCUT2D eigenvalue weighted by Gasteiger charge is 2.37. The molecule has 0 bridgehead atoms. The number of nitrogens with one attached hydrogen (secondary N) is 2. The summed E-state index contributed by atoms with van der Waals surface area (Å²) in [7, 11) is 0. The Kier molecular flexibility index (Phi) is 4.92. The fourth-order valence-corrected chi connectivity index (χ4v) is 3.35. The van der Waals surface area contributed by atoms with Crippen LogP contribution in [0.5, 0.6) is 0 Å². The Morgan fingerprint density at radius 1 is 1.32 bits per heavy atom. The molecule has 2 aliphatic rings. The Balaban J connectivity index is 1.48. The van der Waals surface area contributed by atoms with Crippen molar-refractivity contribution in [3.05, 3.63) is 41.0 Å². The van der Waals surface area contributed by atoms with E-state index in [9.17, 15) is 0 Å². The number of piperidine rings is 1. The van der Waals surface area contributed by atoms with E-state index >= 15 is 0 Å². The molecule has 1 aromatic carbocycles. The van der Waals surface area contributed by atoms with Gasteiger partial charge in [-0.15, -0.1) is 0 Å². The van der Waals surface area contributed by atoms with E-state index in [2.05, 4.69) is 29.7 Å². The lowest BCUT2D eigenvalue weighted by atomic mass is 9.98. The van der Waals surface area contributed by atoms with E-state index in [1.165, 1.54) is 50.0 Å². The van der Waals surface area contributed by atoms with Crippen LogP contribution in [0.4, 0.5) is 0 Å². The Morgan fingerprint density at radius 2 is 2.05 bits per heavy atom. The first kappa shape index (κ1) is 15.3. The van der Waals surface area contributed by atoms with Crippen molar-refractivity contribution in [1.82, 2.24) is 10.6 Å². The molecule has 0 spiro atoms. The smallest absolute Gasteiger partial charge is 0.0991 e. The van der Waals surface area contributed by atoms with Crippen LogP contribution >= 0.6 is 0 Å². The fraction of sp³-hybridized carbons (Fsp3) is 0.526. The largest absolute Gasteiger partial charge is 0.317 e. The van der Waals surface area contributed by atoms with Gasteiger partial charge in [0, 0.05) is 6.04 Å². The first-order valence-electron chi connectivity index (χ1n) is 8.38. The van der Waals surface area contributed by atoms with Crippen molar-refractivity contribution in [2.45, 2.75) is 32.2 Å². The predicted molar refractivity (Wildman–Crippen MR) is 90.3 cm³/mol. The van der Waals surface area contributed by atoms with Gasteiger partial charge in [-0.2, -0.15) is 5.26 Å². The second-order valence-electron chi connectivity index (χ2n) is 6.67. The monoisotopic (exact) mass is 295 g/mol. The number of hydrogen-bond donors (Lipinski definition) is 2. The minimum absolute atomic E-state index is 0.671. The summed E-state index contributed by atoms with van der Waals surface area (Å²) in [5.41, 5.74) is 3.37. The molecule has 1 heterocycles. The van der Waals surface area contributed by atoms with Gasteiger partial charge >= 0.3 is 0 Å². The van der Waals surface area contributed by atoms with Crippen molar-refractivity contribution in [2.24, 2.45) is 11.8 Å². The van der Waals surface area contributed by atoms with Crippen LogP contribution in [0.15, 0.2) is 29.8 Å². The minimum Gasteiger partial charge on any atom is -0.317 e. The molecule has 3 nitrogen and oxygen atoms in total. The molecule has 3 rings (SSSR count). The summed E-state index contributed by atoms with van der Waals surface area (Å²) in [6.07, 6.45) is 6.15. The van der Waals surface area contributed by atoms with Crippen LogP contribution < -0.4 is 10.6 Å². The third-order valence-electron chi connectivity index (χ3n) is 4.94. The van der Waals surface area contributed by atoms with E-state index in [0.717, 1.165) is 11.5 Å². The summed E-state index contributed by atoms with van der Waals surface area (Å²) >= 11 is 0. The van der Waals surface area contributed by atoms with E-state index < -0.39 is 0 Å². The van der Waals surface area contributed by atoms with Crippen molar-refractivity contribution in [2.75, 3.05) is 19.6 Å². The number of benzene rings is 1. The molecule has 0 amide bonds. The highest BCUT2D eigenvalue weighted by molar-refractivity contribution is 5.55. The van der Waals surface area contributed by atoms with Gasteiger partial charge in [0.25, 0.3) is 0 Å². The summed E-state index contributed by atoms with van der Waals surface area (Å²) in [6.45, 7) is 5.76. The maximum atomic E-state index is 8.83. The molecule has 116 valence electrons. The van der Waals surface area contributed by atoms with E-state index in [-0.39, 0.29) is 0 Å². The maximum absolute atomic E-state index is 8.83. The van der Waals surface area contributed by atoms with Crippen LogP contribution in [-0.4, -0.2) is 25.7 Å². The molecule has 1 aliphatic carbocycles. The fourth-order valence-electron chi connectivity index (χ4n) is 3.35. The highest BCUT2D eigenvalue weighted by Crippen LogP contribution is 2.38. The number of nitriles is 1. The standard InChI is InChI=1S/C19H25N3/c1-14(10-15-2-4-16(12-20)5-3-15)18-11-19(18)22-13-17-6-8-21-9-7-17/h2-5,10,17-19,21-22H,6-9,11,13H2,1H3/b14-10+. The van der Waals surface area contributed by atoms with Crippen molar-refractivity contribution < 1.29 is 0 Å². The molecule has 0 aromatic heterocycles. The van der Waals surface area contributed by atoms with Gasteiger partial charge < -0.3 is 10.6 Å². The topological polar surface area (TPSA) is 47.9 Å². The van der Waals surface area contributed by atoms with Crippen LogP contribution in [0.1, 0.15) is 37.3 Å². The Morgan fingerprint density at radius 3 is 2.73 bits per heavy atom. The van der Waals surface area contributed by atoms with E-state index in [0.29, 0.717) is 12.0 Å². The van der Waals surface area contributed by atoms with Crippen LogP contribution in [0, 0.1) is 23.2 Å². The van der Waals surface area contributed by atoms with Crippen LogP contribution in [-0.2, 0) is 0 Å². The molecule has 1 saturated carbocycles. The molecule has 2 N–H and O–H groups in total. The SMILES string of the molecule is C/C(=C\c1ccc(C#N)cc1)C1CC1NCC1CCNCC1. The van der Waals surface area contributed by atoms with E-state index in [1.54, 1.807) is 0 Å². The molecule has 3 heteroatoms. The van der Waals surface area contributed by atoms with Crippen molar-refractivity contribution in [3.8, 4) is 6.07 Å². The first-order chi connectivity index (χ1) is 10.8. The van der Waals surface area contributed by atoms with Gasteiger partial charge in [0.05, 0.1) is 11.6 Å². The molecule has 2 unspecified atom stereocenters. The lowest BCUT2D eigenvalue weighted by molar-refractivity contribution is 0.354. The quantitative estimate of drug-likeness (QED) is 0.878. The third-order valence-corrected chi connectivity index (χ3v) is 4.94. The van der Waals surface area contributed by atoms with Gasteiger partial charge in [0.15, 0.2) is 0 Å². The maximum Gasteiger partial charge on any atom is 0.0991 e. The van der Waals surface area contributed by atoms with Gasteiger partial charge in [0.2, 0.25) is 0 Å². The summed E-state index contributed by atoms with van der Waals surface area (Å²) in [6, 6.07) is 10.7. The van der Waals surface area contributed by atoms with Gasteiger partial charge in [-0.3, -0.25) is 0 Å². The van der Waals surface area contributed by atoms with Crippen LogP contribution in [0.2, 0.25) is 0 Å². The van der Waals surface area contributed by atoms with Gasteiger partial charge in [-0.1, -0.05) is 23.8 Å². The van der Waals surface area contributed by atoms with Gasteiger partial charge in [0.1, 0.15) is 0 Å².